The number of benzene rings is 1. The Bertz CT molecular complexity index is 546. The van der Waals surface area contributed by atoms with Crippen LogP contribution < -0.4 is 5.73 Å². The van der Waals surface area contributed by atoms with Crippen LogP contribution in [0.4, 0.5) is 10.1 Å². The van der Waals surface area contributed by atoms with Gasteiger partial charge in [0.05, 0.1) is 12.0 Å². The molecule has 0 unspecified atom stereocenters. The Morgan fingerprint density at radius 2 is 2.06 bits per heavy atom. The zero-order valence-electron chi connectivity index (χ0n) is 8.99. The van der Waals surface area contributed by atoms with Crippen LogP contribution in [-0.4, -0.2) is 9.55 Å². The molecule has 0 aliphatic carbocycles. The van der Waals surface area contributed by atoms with E-state index in [1.807, 2.05) is 17.7 Å². The lowest BCUT2D eigenvalue weighted by Gasteiger charge is -2.13. The van der Waals surface area contributed by atoms with Crippen LogP contribution in [0.3, 0.4) is 0 Å². The molecule has 2 N–H and O–H groups in total. The van der Waals surface area contributed by atoms with E-state index in [1.165, 1.54) is 0 Å². The minimum Gasteiger partial charge on any atom is -0.399 e. The maximum atomic E-state index is 13.9. The van der Waals surface area contributed by atoms with Gasteiger partial charge < -0.3 is 10.3 Å². The Labute approximate surface area is 126 Å². The lowest BCUT2D eigenvalue weighted by atomic mass is 10.2. The highest BCUT2D eigenvalue weighted by Gasteiger charge is 2.24. The van der Waals surface area contributed by atoms with Crippen LogP contribution in [0.25, 0.3) is 5.69 Å². The molecular formula is C11H10FI2N3. The smallest absolute Gasteiger partial charge is 0.235 e. The van der Waals surface area contributed by atoms with Gasteiger partial charge in [0, 0.05) is 23.1 Å². The van der Waals surface area contributed by atoms with Crippen molar-refractivity contribution >= 4 is 50.9 Å². The average Bonchev–Trinajstić information content (AvgIpc) is 2.62. The summed E-state index contributed by atoms with van der Waals surface area (Å²) in [4.78, 5) is 4.14. The highest BCUT2D eigenvalue weighted by atomic mass is 127. The molecular weight excluding hydrogens is 447 g/mol. The predicted molar refractivity (Wildman–Crippen MR) is 83.5 cm³/mol. The molecule has 3 nitrogen and oxygen atoms in total. The van der Waals surface area contributed by atoms with Crippen LogP contribution in [0, 0.1) is 6.92 Å². The number of hydrogen-bond donors (Lipinski definition) is 1. The third-order valence-corrected chi connectivity index (χ3v) is 3.52. The Hall–Kier alpha value is -0.380. The van der Waals surface area contributed by atoms with Crippen molar-refractivity contribution in [3.05, 3.63) is 42.0 Å². The van der Waals surface area contributed by atoms with Gasteiger partial charge in [-0.3, -0.25) is 0 Å². The van der Waals surface area contributed by atoms with Crippen molar-refractivity contribution in [1.29, 1.82) is 0 Å². The van der Waals surface area contributed by atoms with Crippen LogP contribution in [0.2, 0.25) is 0 Å². The molecule has 0 amide bonds. The van der Waals surface area contributed by atoms with Crippen molar-refractivity contribution in [2.45, 2.75) is 8.61 Å². The number of alkyl halides is 3. The highest BCUT2D eigenvalue weighted by molar-refractivity contribution is 14.2. The molecule has 0 spiro atoms. The fourth-order valence-corrected chi connectivity index (χ4v) is 2.13. The van der Waals surface area contributed by atoms with E-state index < -0.39 is 1.68 Å². The minimum atomic E-state index is -1.46. The predicted octanol–water partition coefficient (Wildman–Crippen LogP) is 3.71. The van der Waals surface area contributed by atoms with Gasteiger partial charge in [0.15, 0.2) is 0 Å². The largest absolute Gasteiger partial charge is 0.399 e. The van der Waals surface area contributed by atoms with Gasteiger partial charge in [-0.05, 0) is 70.3 Å². The normalized spacial score (nSPS) is 11.8. The molecule has 17 heavy (non-hydrogen) atoms. The summed E-state index contributed by atoms with van der Waals surface area (Å²) in [5.74, 6) is 0. The van der Waals surface area contributed by atoms with Gasteiger partial charge in [-0.15, -0.1) is 0 Å². The first-order valence-electron chi connectivity index (χ1n) is 4.85. The number of imidazole rings is 1. The van der Waals surface area contributed by atoms with Crippen molar-refractivity contribution in [2.75, 3.05) is 5.73 Å². The summed E-state index contributed by atoms with van der Waals surface area (Å²) in [7, 11) is 0. The van der Waals surface area contributed by atoms with E-state index in [-0.39, 0.29) is 0 Å². The summed E-state index contributed by atoms with van der Waals surface area (Å²) >= 11 is 3.48. The van der Waals surface area contributed by atoms with Gasteiger partial charge in [-0.25, -0.2) is 9.37 Å². The van der Waals surface area contributed by atoms with Crippen molar-refractivity contribution in [3.63, 3.8) is 0 Å². The number of aryl methyl sites for hydroxylation is 1. The van der Waals surface area contributed by atoms with Gasteiger partial charge in [-0.2, -0.15) is 0 Å². The topological polar surface area (TPSA) is 43.8 Å². The molecule has 2 rings (SSSR count). The molecule has 0 saturated carbocycles. The van der Waals surface area contributed by atoms with Crippen LogP contribution in [0.5, 0.6) is 0 Å². The van der Waals surface area contributed by atoms with Gasteiger partial charge in [0.25, 0.3) is 0 Å². The van der Waals surface area contributed by atoms with E-state index in [2.05, 4.69) is 4.98 Å². The number of aromatic nitrogens is 2. The van der Waals surface area contributed by atoms with Gasteiger partial charge in [0.2, 0.25) is 1.68 Å². The van der Waals surface area contributed by atoms with E-state index in [0.29, 0.717) is 11.3 Å². The van der Waals surface area contributed by atoms with Gasteiger partial charge in [0.1, 0.15) is 0 Å². The molecule has 6 heteroatoms. The molecule has 2 aromatic rings. The van der Waals surface area contributed by atoms with E-state index in [0.717, 1.165) is 11.4 Å². The second kappa shape index (κ2) is 4.71. The number of anilines is 1. The number of nitrogens with two attached hydrogens (primary N) is 1. The molecule has 0 aliphatic heterocycles. The lowest BCUT2D eigenvalue weighted by molar-refractivity contribution is 0.469. The molecule has 0 aliphatic rings. The number of nitrogen functional groups attached to an aromatic ring is 1. The third kappa shape index (κ3) is 3.09. The SMILES string of the molecule is Cc1cn(-c2cc(N)cc(C(F)(I)I)c2)cn1. The summed E-state index contributed by atoms with van der Waals surface area (Å²) in [6.07, 6.45) is 3.56. The molecule has 0 bridgehead atoms. The summed E-state index contributed by atoms with van der Waals surface area (Å²) in [6, 6.07) is 5.21. The van der Waals surface area contributed by atoms with Crippen LogP contribution in [-0.2, 0) is 1.68 Å². The molecule has 0 atom stereocenters. The van der Waals surface area contributed by atoms with Crippen LogP contribution in [0.1, 0.15) is 11.3 Å². The van der Waals surface area contributed by atoms with Gasteiger partial charge in [-0.1, -0.05) is 0 Å². The highest BCUT2D eigenvalue weighted by Crippen LogP contribution is 2.42. The zero-order valence-corrected chi connectivity index (χ0v) is 13.3. The minimum absolute atomic E-state index is 0.541. The number of rotatable bonds is 2. The Morgan fingerprint density at radius 1 is 1.35 bits per heavy atom. The quantitative estimate of drug-likeness (QED) is 0.425. The summed E-state index contributed by atoms with van der Waals surface area (Å²) in [5, 5.41) is 0. The molecule has 90 valence electrons. The van der Waals surface area contributed by atoms with Crippen molar-refractivity contribution in [2.24, 2.45) is 0 Å². The monoisotopic (exact) mass is 457 g/mol. The second-order valence-corrected chi connectivity index (χ2v) is 8.77. The molecule has 0 saturated heterocycles. The second-order valence-electron chi connectivity index (χ2n) is 3.73. The summed E-state index contributed by atoms with van der Waals surface area (Å²) in [6.45, 7) is 1.90. The third-order valence-electron chi connectivity index (χ3n) is 2.28. The van der Waals surface area contributed by atoms with E-state index >= 15 is 0 Å². The fraction of sp³-hybridized carbons (Fsp3) is 0.182. The Morgan fingerprint density at radius 3 is 2.59 bits per heavy atom. The van der Waals surface area contributed by atoms with E-state index in [9.17, 15) is 4.39 Å². The fourth-order valence-electron chi connectivity index (χ4n) is 1.51. The summed E-state index contributed by atoms with van der Waals surface area (Å²) < 4.78 is 14.3. The first-order chi connectivity index (χ1) is 7.86. The maximum Gasteiger partial charge on any atom is 0.235 e. The van der Waals surface area contributed by atoms with Crippen LogP contribution in [0.15, 0.2) is 30.7 Å². The summed E-state index contributed by atoms with van der Waals surface area (Å²) in [5.41, 5.74) is 8.60. The first kappa shape index (κ1) is 13.1. The number of nitrogens with zero attached hydrogens (tertiary/aromatic N) is 2. The maximum absolute atomic E-state index is 13.9. The van der Waals surface area contributed by atoms with Crippen molar-refractivity contribution < 1.29 is 4.39 Å². The number of halogens is 3. The molecule has 1 aromatic carbocycles. The van der Waals surface area contributed by atoms with Crippen molar-refractivity contribution in [3.8, 4) is 5.69 Å². The van der Waals surface area contributed by atoms with Crippen LogP contribution >= 0.6 is 45.2 Å². The van der Waals surface area contributed by atoms with Crippen molar-refractivity contribution in [1.82, 2.24) is 9.55 Å². The van der Waals surface area contributed by atoms with Gasteiger partial charge >= 0.3 is 0 Å². The zero-order chi connectivity index (χ0) is 12.6. The lowest BCUT2D eigenvalue weighted by Crippen LogP contribution is -2.03. The van der Waals surface area contributed by atoms with E-state index in [4.69, 9.17) is 5.73 Å². The Balaban J connectivity index is 2.52. The molecule has 1 aromatic heterocycles. The first-order valence-corrected chi connectivity index (χ1v) is 7.01. The molecule has 0 fully saturated rings. The molecule has 1 heterocycles. The molecule has 0 radical (unpaired) electrons. The number of hydrogen-bond acceptors (Lipinski definition) is 2. The average molecular weight is 457 g/mol. The Kier molecular flexibility index (Phi) is 3.62. The standard InChI is InChI=1S/C11H10FI2N3/c1-7-5-17(6-16-7)10-3-8(11(12,13)14)2-9(15)4-10/h2-6H,15H2,1H3. The van der Waals surface area contributed by atoms with E-state index in [1.54, 1.807) is 69.7 Å².